The van der Waals surface area contributed by atoms with Crippen molar-refractivity contribution in [1.29, 1.82) is 0 Å². The molecule has 0 radical (unpaired) electrons. The first-order chi connectivity index (χ1) is 32.9. The number of benzene rings is 8. The fourth-order valence-electron chi connectivity index (χ4n) is 9.37. The quantitative estimate of drug-likeness (QED) is 0.0711. The molecule has 6 nitrogen and oxygen atoms in total. The first-order valence-electron chi connectivity index (χ1n) is 23.2. The molecule has 1 fully saturated rings. The molecule has 0 unspecified atom stereocenters. The Hall–Kier alpha value is -6.48. The van der Waals surface area contributed by atoms with Crippen molar-refractivity contribution >= 4 is 0 Å². The monoisotopic (exact) mass is 886 g/mol. The second-order valence-corrected chi connectivity index (χ2v) is 17.4. The Labute approximate surface area is 395 Å². The van der Waals surface area contributed by atoms with E-state index in [1.165, 1.54) is 0 Å². The highest BCUT2D eigenvalue weighted by atomic mass is 16.8. The van der Waals surface area contributed by atoms with Gasteiger partial charge in [-0.2, -0.15) is 0 Å². The van der Waals surface area contributed by atoms with Crippen molar-refractivity contribution in [2.24, 2.45) is 0 Å². The lowest BCUT2D eigenvalue weighted by Gasteiger charge is -2.39. The van der Waals surface area contributed by atoms with Gasteiger partial charge in [0.05, 0.1) is 26.4 Å². The average Bonchev–Trinajstić information content (AvgIpc) is 3.72. The van der Waals surface area contributed by atoms with E-state index < -0.39 is 41.4 Å². The van der Waals surface area contributed by atoms with Gasteiger partial charge in [-0.25, -0.2) is 0 Å². The van der Waals surface area contributed by atoms with Crippen LogP contribution in [0.25, 0.3) is 0 Å². The Balaban J connectivity index is 1.14. The van der Waals surface area contributed by atoms with Gasteiger partial charge in [0.25, 0.3) is 0 Å². The first-order valence-corrected chi connectivity index (χ1v) is 23.2. The predicted octanol–water partition coefficient (Wildman–Crippen LogP) is 12.7. The summed E-state index contributed by atoms with van der Waals surface area (Å²) in [5, 5.41) is 0. The zero-order valence-electron chi connectivity index (χ0n) is 38.2. The lowest BCUT2D eigenvalue weighted by Crippen LogP contribution is -2.50. The number of hydrogen-bond donors (Lipinski definition) is 0. The Kier molecular flexibility index (Phi) is 14.6. The minimum absolute atomic E-state index is 0.139. The van der Waals surface area contributed by atoms with E-state index >= 15 is 0 Å². The van der Waals surface area contributed by atoms with Crippen molar-refractivity contribution in [3.63, 3.8) is 0 Å². The smallest absolute Gasteiger partial charge is 0.164 e. The van der Waals surface area contributed by atoms with E-state index in [9.17, 15) is 0 Å². The third-order valence-electron chi connectivity index (χ3n) is 12.5. The molecule has 0 spiro atoms. The van der Waals surface area contributed by atoms with Gasteiger partial charge in [-0.05, 0) is 58.4 Å². The number of rotatable bonds is 20. The average molecular weight is 887 g/mol. The molecule has 0 amide bonds. The molecule has 0 aliphatic carbocycles. The van der Waals surface area contributed by atoms with E-state index in [4.69, 9.17) is 28.4 Å². The molecule has 0 saturated carbocycles. The third kappa shape index (κ3) is 10.4. The molecule has 9 rings (SSSR count). The van der Waals surface area contributed by atoms with Crippen LogP contribution in [-0.4, -0.2) is 43.4 Å². The second kappa shape index (κ2) is 21.4. The molecule has 67 heavy (non-hydrogen) atoms. The molecule has 1 aliphatic rings. The molecular formula is C61H58O6. The van der Waals surface area contributed by atoms with Crippen molar-refractivity contribution in [2.45, 2.75) is 68.5 Å². The van der Waals surface area contributed by atoms with Crippen molar-refractivity contribution in [1.82, 2.24) is 0 Å². The molecule has 0 N–H and O–H groups in total. The van der Waals surface area contributed by atoms with Crippen molar-refractivity contribution in [3.05, 3.63) is 287 Å². The van der Waals surface area contributed by atoms with Crippen LogP contribution in [-0.2, 0) is 52.8 Å². The van der Waals surface area contributed by atoms with E-state index in [1.807, 2.05) is 86.6 Å². The van der Waals surface area contributed by atoms with Gasteiger partial charge in [0.1, 0.15) is 35.6 Å². The maximum atomic E-state index is 7.53. The molecule has 6 heteroatoms. The highest BCUT2D eigenvalue weighted by molar-refractivity contribution is 5.49. The standard InChI is InChI=1S/C61H58O6/c1-59(2)66-57(55(62-43-47-27-11-3-12-28-47)45-64-60(49-31-15-5-16-32-49,50-33-17-6-18-34-50)51-35-19-7-20-36-51)58(67-59)56(63-44-48-29-13-4-14-30-48)46-65-61(52-37-21-8-22-38-52,53-39-23-9-24-40-53)54-41-25-10-26-42-54/h3-42,55-58H,43-46H2,1-2H3/t55-,56-,57-,58-/m1/s1. The van der Waals surface area contributed by atoms with Crippen molar-refractivity contribution in [3.8, 4) is 0 Å². The fraction of sp³-hybridized carbons (Fsp3) is 0.213. The summed E-state index contributed by atoms with van der Waals surface area (Å²) < 4.78 is 43.3. The van der Waals surface area contributed by atoms with Gasteiger partial charge < -0.3 is 28.4 Å². The summed E-state index contributed by atoms with van der Waals surface area (Å²) in [5.74, 6) is -1.01. The molecule has 8 aromatic carbocycles. The summed E-state index contributed by atoms with van der Waals surface area (Å²) in [6.07, 6.45) is -2.62. The highest BCUT2D eigenvalue weighted by Crippen LogP contribution is 2.44. The van der Waals surface area contributed by atoms with E-state index in [2.05, 4.69) is 170 Å². The topological polar surface area (TPSA) is 55.4 Å². The van der Waals surface area contributed by atoms with Gasteiger partial charge >= 0.3 is 0 Å². The lowest BCUT2D eigenvalue weighted by atomic mass is 9.80. The SMILES string of the molecule is CC1(C)O[C@H]([C@@H](COC(c2ccccc2)(c2ccccc2)c2ccccc2)OCc2ccccc2)[C@@H]([C@@H](COC(c2ccccc2)(c2ccccc2)c2ccccc2)OCc2ccccc2)O1. The third-order valence-corrected chi connectivity index (χ3v) is 12.5. The number of hydrogen-bond acceptors (Lipinski definition) is 6. The Morgan fingerprint density at radius 1 is 0.358 bits per heavy atom. The Morgan fingerprint density at radius 3 is 0.821 bits per heavy atom. The summed E-state index contributed by atoms with van der Waals surface area (Å²) in [4.78, 5) is 0. The van der Waals surface area contributed by atoms with Gasteiger partial charge in [0.2, 0.25) is 0 Å². The van der Waals surface area contributed by atoms with Gasteiger partial charge in [0, 0.05) is 0 Å². The Morgan fingerprint density at radius 2 is 0.582 bits per heavy atom. The van der Waals surface area contributed by atoms with Crippen LogP contribution in [0.5, 0.6) is 0 Å². The molecule has 8 aromatic rings. The van der Waals surface area contributed by atoms with Crippen molar-refractivity contribution in [2.75, 3.05) is 13.2 Å². The summed E-state index contributed by atoms with van der Waals surface area (Å²) in [6, 6.07) is 82.9. The van der Waals surface area contributed by atoms with Crippen LogP contribution in [0.1, 0.15) is 58.4 Å². The van der Waals surface area contributed by atoms with Gasteiger partial charge in [-0.15, -0.1) is 0 Å². The molecule has 338 valence electrons. The maximum absolute atomic E-state index is 7.53. The van der Waals surface area contributed by atoms with E-state index in [0.717, 1.165) is 44.5 Å². The summed E-state index contributed by atoms with van der Waals surface area (Å²) >= 11 is 0. The molecule has 1 aliphatic heterocycles. The zero-order valence-corrected chi connectivity index (χ0v) is 38.2. The van der Waals surface area contributed by atoms with Crippen LogP contribution < -0.4 is 0 Å². The minimum Gasteiger partial charge on any atom is -0.368 e. The molecular weight excluding hydrogens is 829 g/mol. The van der Waals surface area contributed by atoms with Crippen LogP contribution in [0, 0.1) is 0 Å². The van der Waals surface area contributed by atoms with E-state index in [1.54, 1.807) is 0 Å². The van der Waals surface area contributed by atoms with Crippen LogP contribution in [0.3, 0.4) is 0 Å². The van der Waals surface area contributed by atoms with E-state index in [-0.39, 0.29) is 13.2 Å². The molecule has 0 bridgehead atoms. The Bertz CT molecular complexity index is 2290. The van der Waals surface area contributed by atoms with Crippen molar-refractivity contribution < 1.29 is 28.4 Å². The van der Waals surface area contributed by atoms with Crippen LogP contribution in [0.2, 0.25) is 0 Å². The molecule has 4 atom stereocenters. The highest BCUT2D eigenvalue weighted by Gasteiger charge is 2.51. The summed E-state index contributed by atoms with van der Waals surface area (Å²) in [5.41, 5.74) is 6.00. The minimum atomic E-state index is -1.01. The fourth-order valence-corrected chi connectivity index (χ4v) is 9.37. The van der Waals surface area contributed by atoms with Crippen LogP contribution in [0.4, 0.5) is 0 Å². The normalized spacial score (nSPS) is 16.9. The molecule has 1 saturated heterocycles. The van der Waals surface area contributed by atoms with Crippen LogP contribution in [0.15, 0.2) is 243 Å². The van der Waals surface area contributed by atoms with Gasteiger partial charge in [-0.1, -0.05) is 243 Å². The molecule has 1 heterocycles. The van der Waals surface area contributed by atoms with Gasteiger partial charge in [-0.3, -0.25) is 0 Å². The van der Waals surface area contributed by atoms with Crippen LogP contribution >= 0.6 is 0 Å². The maximum Gasteiger partial charge on any atom is 0.164 e. The predicted molar refractivity (Wildman–Crippen MR) is 264 cm³/mol. The molecule has 0 aromatic heterocycles. The summed E-state index contributed by atoms with van der Waals surface area (Å²) in [6.45, 7) is 4.83. The second-order valence-electron chi connectivity index (χ2n) is 17.4. The largest absolute Gasteiger partial charge is 0.368 e. The lowest BCUT2D eigenvalue weighted by molar-refractivity contribution is -0.176. The van der Waals surface area contributed by atoms with Gasteiger partial charge in [0.15, 0.2) is 5.79 Å². The number of ether oxygens (including phenoxy) is 6. The summed E-state index contributed by atoms with van der Waals surface area (Å²) in [7, 11) is 0. The first kappa shape index (κ1) is 45.7. The van der Waals surface area contributed by atoms with E-state index in [0.29, 0.717) is 13.2 Å². The zero-order chi connectivity index (χ0) is 45.8.